The fraction of sp³-hybridized carbons (Fsp3) is 0.312. The fourth-order valence-electron chi connectivity index (χ4n) is 4.79. The summed E-state index contributed by atoms with van der Waals surface area (Å²) in [5.41, 5.74) is 0.673. The number of nitrogens with one attached hydrogen (secondary N) is 2. The van der Waals surface area contributed by atoms with Crippen LogP contribution < -0.4 is 14.8 Å². The fourth-order valence-corrected chi connectivity index (χ4v) is 5.98. The summed E-state index contributed by atoms with van der Waals surface area (Å²) in [6.45, 7) is 6.55. The lowest BCUT2D eigenvalue weighted by atomic mass is 10.1. The Balaban J connectivity index is 1.31. The Kier molecular flexibility index (Phi) is 9.47. The van der Waals surface area contributed by atoms with Crippen molar-refractivity contribution in [2.45, 2.75) is 51.0 Å². The molecule has 0 bridgehead atoms. The van der Waals surface area contributed by atoms with Crippen molar-refractivity contribution in [2.24, 2.45) is 0 Å². The van der Waals surface area contributed by atoms with Crippen LogP contribution in [0.3, 0.4) is 0 Å². The lowest BCUT2D eigenvalue weighted by molar-refractivity contribution is 0.0206. The second-order valence-corrected chi connectivity index (χ2v) is 13.3. The number of nitrogens with zero attached hydrogens (tertiary/aromatic N) is 4. The predicted molar refractivity (Wildman–Crippen MR) is 169 cm³/mol. The molecule has 13 heteroatoms. The van der Waals surface area contributed by atoms with Gasteiger partial charge in [-0.05, 0) is 69.5 Å². The molecule has 45 heavy (non-hydrogen) atoms. The molecular weight excluding hydrogens is 599 g/mol. The Labute approximate surface area is 261 Å². The van der Waals surface area contributed by atoms with E-state index in [4.69, 9.17) is 9.47 Å². The molecule has 0 radical (unpaired) electrons. The minimum atomic E-state index is -3.90. The number of amides is 1. The number of benzene rings is 2. The van der Waals surface area contributed by atoms with Gasteiger partial charge in [-0.3, -0.25) is 4.72 Å². The Morgan fingerprint density at radius 2 is 1.82 bits per heavy atom. The molecular formula is C32H35FN6O5S. The van der Waals surface area contributed by atoms with E-state index in [9.17, 15) is 13.2 Å². The molecule has 1 aliphatic heterocycles. The molecule has 5 rings (SSSR count). The number of hydrogen-bond donors (Lipinski definition) is 2. The minimum absolute atomic E-state index is 0.0686. The van der Waals surface area contributed by atoms with Crippen LogP contribution in [0, 0.1) is 5.82 Å². The van der Waals surface area contributed by atoms with Crippen LogP contribution in [0.1, 0.15) is 39.2 Å². The van der Waals surface area contributed by atoms with E-state index in [-0.39, 0.29) is 35.2 Å². The molecule has 1 aliphatic rings. The highest BCUT2D eigenvalue weighted by Gasteiger charge is 2.28. The second-order valence-electron chi connectivity index (χ2n) is 11.6. The lowest BCUT2D eigenvalue weighted by Crippen LogP contribution is -2.47. The van der Waals surface area contributed by atoms with Crippen molar-refractivity contribution >= 4 is 27.8 Å². The van der Waals surface area contributed by atoms with E-state index in [1.54, 1.807) is 59.6 Å². The van der Waals surface area contributed by atoms with Crippen molar-refractivity contribution in [1.29, 1.82) is 0 Å². The number of hydrogen-bond acceptors (Lipinski definition) is 9. The molecule has 0 unspecified atom stereocenters. The van der Waals surface area contributed by atoms with Crippen molar-refractivity contribution in [2.75, 3.05) is 23.1 Å². The van der Waals surface area contributed by atoms with Gasteiger partial charge in [-0.1, -0.05) is 36.4 Å². The van der Waals surface area contributed by atoms with Gasteiger partial charge in [0, 0.05) is 31.5 Å². The Bertz CT molecular complexity index is 1750. The van der Waals surface area contributed by atoms with E-state index >= 15 is 4.39 Å². The first kappa shape index (κ1) is 31.6. The first-order chi connectivity index (χ1) is 21.5. The molecule has 2 aromatic heterocycles. The van der Waals surface area contributed by atoms with Gasteiger partial charge in [0.25, 0.3) is 0 Å². The molecule has 0 aliphatic carbocycles. The van der Waals surface area contributed by atoms with Crippen molar-refractivity contribution < 1.29 is 27.1 Å². The minimum Gasteiger partial charge on any atom is -0.444 e. The molecule has 1 fully saturated rings. The van der Waals surface area contributed by atoms with Crippen molar-refractivity contribution in [3.63, 3.8) is 0 Å². The molecule has 11 nitrogen and oxygen atoms in total. The molecule has 3 heterocycles. The number of aromatic nitrogens is 3. The van der Waals surface area contributed by atoms with Crippen LogP contribution in [0.2, 0.25) is 0 Å². The zero-order valence-corrected chi connectivity index (χ0v) is 26.1. The number of likely N-dealkylation sites (tertiary alicyclic amines) is 1. The van der Waals surface area contributed by atoms with E-state index in [0.717, 1.165) is 12.8 Å². The normalized spacial score (nSPS) is 15.3. The molecule has 0 spiro atoms. The molecule has 1 atom stereocenters. The van der Waals surface area contributed by atoms with Gasteiger partial charge >= 0.3 is 6.09 Å². The molecule has 2 N–H and O–H groups in total. The number of anilines is 2. The Morgan fingerprint density at radius 3 is 2.60 bits per heavy atom. The third-order valence-corrected chi connectivity index (χ3v) is 7.99. The van der Waals surface area contributed by atoms with Gasteiger partial charge in [-0.25, -0.2) is 32.6 Å². The van der Waals surface area contributed by atoms with E-state index < -0.39 is 21.4 Å². The van der Waals surface area contributed by atoms with Crippen LogP contribution in [0.15, 0.2) is 79.1 Å². The first-order valence-corrected chi connectivity index (χ1v) is 16.1. The molecule has 236 valence electrons. The highest BCUT2D eigenvalue weighted by atomic mass is 32.2. The first-order valence-electron chi connectivity index (χ1n) is 14.5. The van der Waals surface area contributed by atoms with Gasteiger partial charge in [-0.15, -0.1) is 0 Å². The van der Waals surface area contributed by atoms with E-state index in [0.29, 0.717) is 35.9 Å². The van der Waals surface area contributed by atoms with Crippen molar-refractivity contribution in [3.05, 3.63) is 90.5 Å². The van der Waals surface area contributed by atoms with Gasteiger partial charge < -0.3 is 19.7 Å². The van der Waals surface area contributed by atoms with E-state index in [1.807, 2.05) is 20.8 Å². The molecule has 1 saturated heterocycles. The van der Waals surface area contributed by atoms with Gasteiger partial charge in [-0.2, -0.15) is 0 Å². The summed E-state index contributed by atoms with van der Waals surface area (Å²) in [6, 6.07) is 17.8. The van der Waals surface area contributed by atoms with Gasteiger partial charge in [0.15, 0.2) is 11.6 Å². The van der Waals surface area contributed by atoms with Crippen LogP contribution in [0.4, 0.5) is 20.8 Å². The standard InChI is InChI=1S/C32H35FN6O5S/c1-32(2,3)44-31(40)39-19-9-12-23(20-39)36-30-35-18-16-25(37-30)24-13-8-17-34-29(24)43-27-15-7-14-26(28(27)33)38-45(41,42)21-22-10-5-4-6-11-22/h4-8,10-11,13-18,23,38H,9,12,19-21H2,1-3H3,(H,35,36,37)/t23-/m0/s1. The van der Waals surface area contributed by atoms with Gasteiger partial charge in [0.05, 0.1) is 22.7 Å². The Morgan fingerprint density at radius 1 is 1.02 bits per heavy atom. The average molecular weight is 635 g/mol. The second kappa shape index (κ2) is 13.5. The lowest BCUT2D eigenvalue weighted by Gasteiger charge is -2.34. The van der Waals surface area contributed by atoms with E-state index in [1.165, 1.54) is 24.4 Å². The number of halogens is 1. The maximum absolute atomic E-state index is 15.5. The zero-order chi connectivity index (χ0) is 32.0. The zero-order valence-electron chi connectivity index (χ0n) is 25.2. The summed E-state index contributed by atoms with van der Waals surface area (Å²) in [6.07, 6.45) is 4.33. The maximum atomic E-state index is 15.5. The summed E-state index contributed by atoms with van der Waals surface area (Å²) in [5.74, 6) is -1.00. The van der Waals surface area contributed by atoms with Crippen LogP contribution in [0.5, 0.6) is 11.6 Å². The summed E-state index contributed by atoms with van der Waals surface area (Å²) >= 11 is 0. The molecule has 0 saturated carbocycles. The predicted octanol–water partition coefficient (Wildman–Crippen LogP) is 6.22. The van der Waals surface area contributed by atoms with Crippen LogP contribution in [-0.2, 0) is 20.5 Å². The van der Waals surface area contributed by atoms with E-state index in [2.05, 4.69) is 25.0 Å². The summed E-state index contributed by atoms with van der Waals surface area (Å²) in [4.78, 5) is 27.5. The number of ether oxygens (including phenoxy) is 2. The monoisotopic (exact) mass is 634 g/mol. The third kappa shape index (κ3) is 8.66. The van der Waals surface area contributed by atoms with Crippen molar-refractivity contribution in [3.8, 4) is 22.9 Å². The summed E-state index contributed by atoms with van der Waals surface area (Å²) in [7, 11) is -3.90. The third-order valence-electron chi connectivity index (χ3n) is 6.74. The summed E-state index contributed by atoms with van der Waals surface area (Å²) < 4.78 is 54.7. The van der Waals surface area contributed by atoms with Gasteiger partial charge in [0.1, 0.15) is 5.60 Å². The SMILES string of the molecule is CC(C)(C)OC(=O)N1CCC[C@H](Nc2nccc(-c3cccnc3Oc3cccc(NS(=O)(=O)Cc4ccccc4)c3F)n2)C1. The average Bonchev–Trinajstić information content (AvgIpc) is 2.99. The number of carbonyl (C=O) groups is 1. The topological polar surface area (TPSA) is 136 Å². The summed E-state index contributed by atoms with van der Waals surface area (Å²) in [5, 5.41) is 3.31. The maximum Gasteiger partial charge on any atom is 0.410 e. The van der Waals surface area contributed by atoms with Crippen LogP contribution in [0.25, 0.3) is 11.3 Å². The van der Waals surface area contributed by atoms with Crippen LogP contribution >= 0.6 is 0 Å². The number of pyridine rings is 1. The highest BCUT2D eigenvalue weighted by molar-refractivity contribution is 7.91. The number of rotatable bonds is 9. The quantitative estimate of drug-likeness (QED) is 0.220. The molecule has 2 aromatic carbocycles. The highest BCUT2D eigenvalue weighted by Crippen LogP contribution is 2.34. The number of piperidine rings is 1. The molecule has 1 amide bonds. The number of carbonyl (C=O) groups excluding carboxylic acids is 1. The van der Waals surface area contributed by atoms with Crippen LogP contribution in [-0.4, -0.2) is 59.1 Å². The molecule has 4 aromatic rings. The Hall–Kier alpha value is -4.78. The number of sulfonamides is 1. The smallest absolute Gasteiger partial charge is 0.410 e. The van der Waals surface area contributed by atoms with Crippen molar-refractivity contribution in [1.82, 2.24) is 19.9 Å². The largest absolute Gasteiger partial charge is 0.444 e. The van der Waals surface area contributed by atoms with Gasteiger partial charge in [0.2, 0.25) is 21.9 Å².